The minimum absolute atomic E-state index is 0.211. The van der Waals surface area contributed by atoms with Crippen molar-refractivity contribution in [2.24, 2.45) is 0 Å². The SMILES string of the molecule is Cc1ccc2nc(Cl)c(/C=C/C(=O)c3cc4ccccc4o3)cc2c1. The zero-order valence-electron chi connectivity index (χ0n) is 13.5. The van der Waals surface area contributed by atoms with Crippen LogP contribution in [0.3, 0.4) is 0 Å². The third kappa shape index (κ3) is 3.06. The first kappa shape index (κ1) is 15.6. The van der Waals surface area contributed by atoms with Crippen molar-refractivity contribution in [1.82, 2.24) is 4.98 Å². The lowest BCUT2D eigenvalue weighted by Gasteiger charge is -2.03. The van der Waals surface area contributed by atoms with Gasteiger partial charge in [0, 0.05) is 16.3 Å². The maximum Gasteiger partial charge on any atom is 0.221 e. The number of furan rings is 1. The molecule has 2 aromatic heterocycles. The number of benzene rings is 2. The molecule has 0 aliphatic rings. The summed E-state index contributed by atoms with van der Waals surface area (Å²) in [5.41, 5.74) is 3.37. The topological polar surface area (TPSA) is 43.1 Å². The molecule has 4 rings (SSSR count). The molecule has 0 spiro atoms. The number of hydrogen-bond donors (Lipinski definition) is 0. The molecular formula is C21H14ClNO2. The standard InChI is InChI=1S/C21H14ClNO2/c1-13-6-8-17-16(10-13)11-15(21(22)23-17)7-9-18(24)20-12-14-4-2-3-5-19(14)25-20/h2-12H,1H3/b9-7+. The molecule has 0 bridgehead atoms. The quantitative estimate of drug-likeness (QED) is 0.265. The van der Waals surface area contributed by atoms with Gasteiger partial charge in [0.25, 0.3) is 0 Å². The fourth-order valence-electron chi connectivity index (χ4n) is 2.76. The van der Waals surface area contributed by atoms with Crippen LogP contribution in [0.4, 0.5) is 0 Å². The smallest absolute Gasteiger partial charge is 0.221 e. The van der Waals surface area contributed by atoms with Crippen molar-refractivity contribution in [3.8, 4) is 0 Å². The predicted octanol–water partition coefficient (Wildman–Crippen LogP) is 5.84. The summed E-state index contributed by atoms with van der Waals surface area (Å²) in [6, 6.07) is 17.2. The molecule has 0 radical (unpaired) electrons. The normalized spacial score (nSPS) is 11.6. The van der Waals surface area contributed by atoms with Gasteiger partial charge in [-0.15, -0.1) is 0 Å². The Morgan fingerprint density at radius 3 is 2.76 bits per heavy atom. The van der Waals surface area contributed by atoms with Crippen LogP contribution < -0.4 is 0 Å². The second-order valence-electron chi connectivity index (χ2n) is 5.91. The van der Waals surface area contributed by atoms with Crippen molar-refractivity contribution in [2.45, 2.75) is 6.92 Å². The highest BCUT2D eigenvalue weighted by molar-refractivity contribution is 6.31. The van der Waals surface area contributed by atoms with Gasteiger partial charge < -0.3 is 4.42 Å². The lowest BCUT2D eigenvalue weighted by Crippen LogP contribution is -1.91. The van der Waals surface area contributed by atoms with Crippen molar-refractivity contribution in [2.75, 3.05) is 0 Å². The molecule has 2 heterocycles. The van der Waals surface area contributed by atoms with E-state index in [4.69, 9.17) is 16.0 Å². The largest absolute Gasteiger partial charge is 0.453 e. The lowest BCUT2D eigenvalue weighted by atomic mass is 10.1. The van der Waals surface area contributed by atoms with E-state index in [-0.39, 0.29) is 5.78 Å². The Bertz CT molecular complexity index is 1110. The van der Waals surface area contributed by atoms with Gasteiger partial charge in [0.2, 0.25) is 5.78 Å². The minimum Gasteiger partial charge on any atom is -0.453 e. The lowest BCUT2D eigenvalue weighted by molar-refractivity contribution is 0.102. The second-order valence-corrected chi connectivity index (χ2v) is 6.27. The maximum atomic E-state index is 12.4. The van der Waals surface area contributed by atoms with Gasteiger partial charge in [-0.2, -0.15) is 0 Å². The second kappa shape index (κ2) is 6.19. The zero-order valence-corrected chi connectivity index (χ0v) is 14.2. The molecule has 0 atom stereocenters. The van der Waals surface area contributed by atoms with Gasteiger partial charge in [0.05, 0.1) is 5.52 Å². The molecule has 0 saturated carbocycles. The van der Waals surface area contributed by atoms with Crippen LogP contribution in [0.2, 0.25) is 5.15 Å². The van der Waals surface area contributed by atoms with Crippen LogP contribution in [-0.4, -0.2) is 10.8 Å². The molecule has 0 saturated heterocycles. The van der Waals surface area contributed by atoms with Gasteiger partial charge in [-0.25, -0.2) is 4.98 Å². The number of carbonyl (C=O) groups is 1. The molecular weight excluding hydrogens is 334 g/mol. The number of aryl methyl sites for hydroxylation is 1. The number of ketones is 1. The van der Waals surface area contributed by atoms with Gasteiger partial charge in [-0.05, 0) is 49.4 Å². The first-order chi connectivity index (χ1) is 12.1. The molecule has 4 heteroatoms. The number of halogens is 1. The van der Waals surface area contributed by atoms with Gasteiger partial charge in [0.1, 0.15) is 10.7 Å². The molecule has 0 aliphatic heterocycles. The van der Waals surface area contributed by atoms with E-state index in [0.29, 0.717) is 22.1 Å². The Hall–Kier alpha value is -2.91. The highest BCUT2D eigenvalue weighted by Gasteiger charge is 2.10. The monoisotopic (exact) mass is 347 g/mol. The van der Waals surface area contributed by atoms with Crippen LogP contribution in [0.1, 0.15) is 21.7 Å². The summed E-state index contributed by atoms with van der Waals surface area (Å²) in [7, 11) is 0. The fraction of sp³-hybridized carbons (Fsp3) is 0.0476. The van der Waals surface area contributed by atoms with E-state index in [9.17, 15) is 4.79 Å². The molecule has 0 fully saturated rings. The number of para-hydroxylation sites is 1. The first-order valence-corrected chi connectivity index (χ1v) is 8.26. The summed E-state index contributed by atoms with van der Waals surface area (Å²) in [6.45, 7) is 2.02. The summed E-state index contributed by atoms with van der Waals surface area (Å²) in [5.74, 6) is 0.0924. The Morgan fingerprint density at radius 2 is 1.92 bits per heavy atom. The van der Waals surface area contributed by atoms with E-state index < -0.39 is 0 Å². The Morgan fingerprint density at radius 1 is 1.08 bits per heavy atom. The van der Waals surface area contributed by atoms with Crippen molar-refractivity contribution >= 4 is 45.3 Å². The van der Waals surface area contributed by atoms with E-state index in [2.05, 4.69) is 4.98 Å². The Kier molecular flexibility index (Phi) is 3.86. The van der Waals surface area contributed by atoms with Gasteiger partial charge in [0.15, 0.2) is 5.76 Å². The molecule has 3 nitrogen and oxygen atoms in total. The van der Waals surface area contributed by atoms with Crippen LogP contribution in [-0.2, 0) is 0 Å². The van der Waals surface area contributed by atoms with Gasteiger partial charge in [-0.3, -0.25) is 4.79 Å². The van der Waals surface area contributed by atoms with Crippen molar-refractivity contribution in [3.05, 3.63) is 82.7 Å². The van der Waals surface area contributed by atoms with Gasteiger partial charge in [-0.1, -0.05) is 41.4 Å². The molecule has 4 aromatic rings. The summed E-state index contributed by atoms with van der Waals surface area (Å²) in [5, 5.41) is 2.25. The van der Waals surface area contributed by atoms with Crippen molar-refractivity contribution < 1.29 is 9.21 Å². The number of aromatic nitrogens is 1. The van der Waals surface area contributed by atoms with Gasteiger partial charge >= 0.3 is 0 Å². The molecule has 122 valence electrons. The highest BCUT2D eigenvalue weighted by atomic mass is 35.5. The number of rotatable bonds is 3. The van der Waals surface area contributed by atoms with E-state index in [1.165, 1.54) is 6.08 Å². The van der Waals surface area contributed by atoms with Crippen LogP contribution in [0.15, 0.2) is 65.1 Å². The number of allylic oxidation sites excluding steroid dienone is 1. The molecule has 0 amide bonds. The molecule has 0 unspecified atom stereocenters. The average molecular weight is 348 g/mol. The van der Waals surface area contributed by atoms with Crippen LogP contribution in [0.25, 0.3) is 27.9 Å². The summed E-state index contributed by atoms with van der Waals surface area (Å²) in [6.07, 6.45) is 3.13. The third-order valence-electron chi connectivity index (χ3n) is 4.03. The summed E-state index contributed by atoms with van der Waals surface area (Å²) < 4.78 is 5.59. The van der Waals surface area contributed by atoms with E-state index in [0.717, 1.165) is 21.9 Å². The number of pyridine rings is 1. The summed E-state index contributed by atoms with van der Waals surface area (Å²) in [4.78, 5) is 16.8. The Labute approximate surface area is 149 Å². The van der Waals surface area contributed by atoms with E-state index in [1.54, 1.807) is 12.1 Å². The summed E-state index contributed by atoms with van der Waals surface area (Å²) >= 11 is 6.24. The van der Waals surface area contributed by atoms with Crippen molar-refractivity contribution in [1.29, 1.82) is 0 Å². The predicted molar refractivity (Wildman–Crippen MR) is 101 cm³/mol. The van der Waals surface area contributed by atoms with Crippen LogP contribution in [0, 0.1) is 6.92 Å². The van der Waals surface area contributed by atoms with Crippen LogP contribution in [0.5, 0.6) is 0 Å². The first-order valence-electron chi connectivity index (χ1n) is 7.88. The van der Waals surface area contributed by atoms with Crippen molar-refractivity contribution in [3.63, 3.8) is 0 Å². The number of fused-ring (bicyclic) bond motifs is 2. The number of nitrogens with zero attached hydrogens (tertiary/aromatic N) is 1. The minimum atomic E-state index is -0.211. The average Bonchev–Trinajstić information content (AvgIpc) is 3.04. The van der Waals surface area contributed by atoms with E-state index in [1.807, 2.05) is 55.5 Å². The molecule has 0 aliphatic carbocycles. The number of hydrogen-bond acceptors (Lipinski definition) is 3. The molecule has 2 aromatic carbocycles. The van der Waals surface area contributed by atoms with Crippen LogP contribution >= 0.6 is 11.6 Å². The number of carbonyl (C=O) groups excluding carboxylic acids is 1. The molecule has 0 N–H and O–H groups in total. The Balaban J connectivity index is 1.67. The fourth-order valence-corrected chi connectivity index (χ4v) is 2.97. The zero-order chi connectivity index (χ0) is 17.4. The maximum absolute atomic E-state index is 12.4. The third-order valence-corrected chi connectivity index (χ3v) is 4.34. The van der Waals surface area contributed by atoms with E-state index >= 15 is 0 Å². The molecule has 25 heavy (non-hydrogen) atoms. The highest BCUT2D eigenvalue weighted by Crippen LogP contribution is 2.24.